The first-order chi connectivity index (χ1) is 22.2. The Balaban J connectivity index is 1.19. The number of fused-ring (bicyclic) bond motifs is 4. The molecule has 0 aromatic carbocycles. The number of aliphatic hydroxyl groups is 1. The van der Waals surface area contributed by atoms with Crippen LogP contribution >= 0.6 is 15.6 Å². The smallest absolute Gasteiger partial charge is 0.386 e. The minimum Gasteiger partial charge on any atom is -0.386 e. The highest BCUT2D eigenvalue weighted by Crippen LogP contribution is 2.54. The number of aliphatic hydroxyl groups excluding tert-OH is 1. The molecule has 3 aliphatic heterocycles. The monoisotopic (exact) mass is 700 g/mol. The zero-order valence-electron chi connectivity index (χ0n) is 23.6. The molecule has 0 spiro atoms. The van der Waals surface area contributed by atoms with E-state index in [1.165, 1.54) is 17.0 Å². The maximum absolute atomic E-state index is 13.3. The van der Waals surface area contributed by atoms with Crippen LogP contribution in [0.25, 0.3) is 22.3 Å². The highest BCUT2D eigenvalue weighted by Gasteiger charge is 2.53. The van der Waals surface area contributed by atoms with Crippen LogP contribution in [0.4, 0.5) is 11.9 Å². The van der Waals surface area contributed by atoms with Crippen LogP contribution in [0.2, 0.25) is 0 Å². The lowest BCUT2D eigenvalue weighted by Crippen LogP contribution is -2.38. The molecule has 25 heteroatoms. The zero-order chi connectivity index (χ0) is 33.4. The van der Waals surface area contributed by atoms with Gasteiger partial charge in [0.1, 0.15) is 36.7 Å². The predicted molar refractivity (Wildman–Crippen MR) is 154 cm³/mol. The van der Waals surface area contributed by atoms with Gasteiger partial charge in [0, 0.05) is 0 Å². The Morgan fingerprint density at radius 1 is 0.851 bits per heavy atom. The molecule has 3 fully saturated rings. The normalized spacial score (nSPS) is 36.5. The van der Waals surface area contributed by atoms with Gasteiger partial charge in [0.05, 0.1) is 31.8 Å². The predicted octanol–water partition coefficient (Wildman–Crippen LogP) is -1.61. The molecule has 7 rings (SSSR count). The molecule has 4 aromatic rings. The fourth-order valence-electron chi connectivity index (χ4n) is 5.71. The van der Waals surface area contributed by atoms with Crippen molar-refractivity contribution < 1.29 is 51.6 Å². The zero-order valence-corrected chi connectivity index (χ0v) is 25.4. The number of nitrogens with zero attached hydrogens (tertiary/aromatic N) is 6. The van der Waals surface area contributed by atoms with E-state index in [0.29, 0.717) is 0 Å². The molecule has 3 unspecified atom stereocenters. The summed E-state index contributed by atoms with van der Waals surface area (Å²) >= 11 is 0. The van der Waals surface area contributed by atoms with Crippen molar-refractivity contribution in [2.45, 2.75) is 43.0 Å². The number of H-pyrrole nitrogens is 2. The SMILES string of the molecule is C=C[C@@H]1[C@@H]2OP(=O)(O)OCC3O[C@@H](n4cnc5c(=O)[nH]c(N)nc54)[C@H](O)[C@@H]3OP(=O)(O)OC[C@H]2O[C@H]1n1cnc2c(=O)[nH]c(N)nc21. The Morgan fingerprint density at radius 3 is 1.85 bits per heavy atom. The first kappa shape index (κ1) is 31.7. The second-order valence-electron chi connectivity index (χ2n) is 10.7. The average molecular weight is 700 g/mol. The number of nitrogen functional groups attached to an aromatic ring is 2. The van der Waals surface area contributed by atoms with Gasteiger partial charge < -0.3 is 35.8 Å². The molecule has 23 nitrogen and oxygen atoms in total. The molecule has 3 aliphatic rings. The van der Waals surface area contributed by atoms with Crippen molar-refractivity contribution in [3.8, 4) is 0 Å². The van der Waals surface area contributed by atoms with Gasteiger partial charge in [0.25, 0.3) is 11.1 Å². The first-order valence-electron chi connectivity index (χ1n) is 13.6. The van der Waals surface area contributed by atoms with Gasteiger partial charge in [-0.25, -0.2) is 19.1 Å². The molecular formula is C22H26N10O13P2. The Kier molecular flexibility index (Phi) is 7.69. The quantitative estimate of drug-likeness (QED) is 0.0933. The van der Waals surface area contributed by atoms with Gasteiger partial charge in [-0.3, -0.25) is 46.8 Å². The highest BCUT2D eigenvalue weighted by atomic mass is 31.2. The molecular weight excluding hydrogens is 674 g/mol. The number of nitrogens with two attached hydrogens (primary N) is 2. The summed E-state index contributed by atoms with van der Waals surface area (Å²) in [5.74, 6) is -1.46. The topological polar surface area (TPSA) is 329 Å². The van der Waals surface area contributed by atoms with E-state index in [4.69, 9.17) is 39.0 Å². The summed E-state index contributed by atoms with van der Waals surface area (Å²) in [7, 11) is -10.1. The van der Waals surface area contributed by atoms with Crippen LogP contribution in [-0.2, 0) is 36.7 Å². The summed E-state index contributed by atoms with van der Waals surface area (Å²) in [5.41, 5.74) is 9.69. The molecule has 0 amide bonds. The third-order valence-electron chi connectivity index (χ3n) is 7.73. The largest absolute Gasteiger partial charge is 0.472 e. The number of aromatic nitrogens is 8. The van der Waals surface area contributed by atoms with E-state index in [9.17, 15) is 33.6 Å². The highest BCUT2D eigenvalue weighted by molar-refractivity contribution is 7.47. The summed E-state index contributed by atoms with van der Waals surface area (Å²) in [6, 6.07) is 0. The molecule has 0 bridgehead atoms. The lowest BCUT2D eigenvalue weighted by molar-refractivity contribution is -0.0663. The third-order valence-corrected chi connectivity index (χ3v) is 9.70. The lowest BCUT2D eigenvalue weighted by atomic mass is 10.00. The van der Waals surface area contributed by atoms with Crippen molar-refractivity contribution in [1.29, 1.82) is 0 Å². The van der Waals surface area contributed by atoms with Crippen molar-refractivity contribution in [3.63, 3.8) is 0 Å². The number of aromatic amines is 2. The van der Waals surface area contributed by atoms with Crippen LogP contribution in [0.15, 0.2) is 34.9 Å². The fraction of sp³-hybridized carbons (Fsp3) is 0.455. The fourth-order valence-corrected chi connectivity index (χ4v) is 7.65. The summed E-state index contributed by atoms with van der Waals surface area (Å²) in [4.78, 5) is 66.7. The van der Waals surface area contributed by atoms with Crippen LogP contribution in [0.5, 0.6) is 0 Å². The van der Waals surface area contributed by atoms with Gasteiger partial charge in [-0.1, -0.05) is 6.08 Å². The lowest BCUT2D eigenvalue weighted by Gasteiger charge is -2.28. The molecule has 9 N–H and O–H groups in total. The van der Waals surface area contributed by atoms with Crippen molar-refractivity contribution in [1.82, 2.24) is 39.0 Å². The minimum atomic E-state index is -5.05. The van der Waals surface area contributed by atoms with E-state index in [2.05, 4.69) is 36.5 Å². The van der Waals surface area contributed by atoms with E-state index in [-0.39, 0.29) is 34.2 Å². The second kappa shape index (κ2) is 11.4. The summed E-state index contributed by atoms with van der Waals surface area (Å²) in [5, 5.41) is 11.2. The summed E-state index contributed by atoms with van der Waals surface area (Å²) in [6.07, 6.45) is -6.62. The Hall–Kier alpha value is -3.86. The number of phosphoric ester groups is 2. The van der Waals surface area contributed by atoms with Gasteiger partial charge in [-0.2, -0.15) is 9.97 Å². The number of imidazole rings is 2. The van der Waals surface area contributed by atoms with E-state index >= 15 is 0 Å². The number of hydrogen-bond acceptors (Lipinski definition) is 17. The van der Waals surface area contributed by atoms with Crippen LogP contribution in [0, 0.1) is 5.92 Å². The van der Waals surface area contributed by atoms with Crippen LogP contribution < -0.4 is 22.6 Å². The van der Waals surface area contributed by atoms with Crippen LogP contribution in [-0.4, -0.2) is 97.7 Å². The Labute approximate surface area is 260 Å². The van der Waals surface area contributed by atoms with E-state index < -0.39 is 88.9 Å². The van der Waals surface area contributed by atoms with Crippen molar-refractivity contribution in [2.24, 2.45) is 5.92 Å². The number of hydrogen-bond donors (Lipinski definition) is 7. The van der Waals surface area contributed by atoms with Gasteiger partial charge in [0.15, 0.2) is 28.6 Å². The number of nitrogens with one attached hydrogen (secondary N) is 2. The van der Waals surface area contributed by atoms with E-state index in [1.54, 1.807) is 0 Å². The summed E-state index contributed by atoms with van der Waals surface area (Å²) < 4.78 is 62.0. The third kappa shape index (κ3) is 5.60. The minimum absolute atomic E-state index is 0.00242. The summed E-state index contributed by atoms with van der Waals surface area (Å²) in [6.45, 7) is 2.19. The molecule has 0 saturated carbocycles. The van der Waals surface area contributed by atoms with Crippen LogP contribution in [0.1, 0.15) is 12.5 Å². The van der Waals surface area contributed by atoms with Gasteiger partial charge >= 0.3 is 15.6 Å². The maximum Gasteiger partial charge on any atom is 0.472 e. The number of ether oxygens (including phenoxy) is 2. The molecule has 0 aliphatic carbocycles. The molecule has 7 heterocycles. The van der Waals surface area contributed by atoms with E-state index in [0.717, 1.165) is 10.9 Å². The molecule has 0 radical (unpaired) electrons. The number of anilines is 2. The Morgan fingerprint density at radius 2 is 1.32 bits per heavy atom. The Bertz CT molecular complexity index is 2100. The number of rotatable bonds is 3. The maximum atomic E-state index is 13.3. The van der Waals surface area contributed by atoms with Crippen molar-refractivity contribution >= 4 is 49.9 Å². The standard InChI is InChI=1S/C22H26N10O13P2/c1-2-7-13-8(42-19(7)31-5-25-10-15(31)27-21(23)29-17(10)34)3-40-47(38,39)45-14-9(4-41-46(36,37)44-13)43-20(12(14)33)32-6-26-11-16(32)28-22(24)30-18(11)35/h2,5-9,12-14,19-20,33H,1,3-4H2,(H,36,37)(H,38,39)(H3,23,27,29,34)(H3,24,28,30,35)/t7-,8-,9?,12-,13+,14-,19-,20-/m1/s1. The van der Waals surface area contributed by atoms with Crippen molar-refractivity contribution in [3.05, 3.63) is 46.0 Å². The van der Waals surface area contributed by atoms with Gasteiger partial charge in [-0.05, 0) is 0 Å². The first-order valence-corrected chi connectivity index (χ1v) is 16.6. The van der Waals surface area contributed by atoms with Crippen LogP contribution in [0.3, 0.4) is 0 Å². The van der Waals surface area contributed by atoms with Gasteiger partial charge in [0.2, 0.25) is 11.9 Å². The molecule has 47 heavy (non-hydrogen) atoms. The van der Waals surface area contributed by atoms with E-state index in [1.807, 2.05) is 0 Å². The molecule has 4 aromatic heterocycles. The average Bonchev–Trinajstić information content (AvgIpc) is 3.75. The molecule has 252 valence electrons. The molecule has 10 atom stereocenters. The number of phosphoric acid groups is 2. The van der Waals surface area contributed by atoms with Gasteiger partial charge in [-0.15, -0.1) is 6.58 Å². The molecule has 3 saturated heterocycles. The second-order valence-corrected chi connectivity index (χ2v) is 13.5. The van der Waals surface area contributed by atoms with Crippen molar-refractivity contribution in [2.75, 3.05) is 24.7 Å².